The highest BCUT2D eigenvalue weighted by Crippen LogP contribution is 2.26. The average molecular weight is 373 g/mol. The zero-order valence-corrected chi connectivity index (χ0v) is 13.3. The number of hydrogen-bond donors (Lipinski definition) is 1. The van der Waals surface area contributed by atoms with Crippen molar-refractivity contribution in [2.75, 3.05) is 5.32 Å². The van der Waals surface area contributed by atoms with E-state index in [9.17, 15) is 0 Å². The molecule has 0 radical (unpaired) electrons. The second-order valence-electron chi connectivity index (χ2n) is 4.01. The normalized spacial score (nSPS) is 10.6. The molecule has 0 saturated carbocycles. The Bertz CT molecular complexity index is 523. The van der Waals surface area contributed by atoms with Crippen LogP contribution in [0.1, 0.15) is 19.2 Å². The highest BCUT2D eigenvalue weighted by Gasteiger charge is 2.04. The summed E-state index contributed by atoms with van der Waals surface area (Å²) >= 11 is 7.01. The molecule has 18 heavy (non-hydrogen) atoms. The Morgan fingerprint density at radius 2 is 2.17 bits per heavy atom. The number of halogens is 2. The van der Waals surface area contributed by atoms with Crippen LogP contribution in [-0.2, 0) is 13.1 Å². The van der Waals surface area contributed by atoms with Crippen LogP contribution >= 0.6 is 31.9 Å². The number of nitrogens with zero attached hydrogens (tertiary/aromatic N) is 2. The summed E-state index contributed by atoms with van der Waals surface area (Å²) in [6, 6.07) is 6.08. The third kappa shape index (κ3) is 3.36. The molecule has 96 valence electrons. The third-order valence-corrected chi connectivity index (χ3v) is 3.82. The van der Waals surface area contributed by atoms with Gasteiger partial charge in [-0.3, -0.25) is 0 Å². The number of aromatic nitrogens is 2. The molecule has 1 aromatic heterocycles. The van der Waals surface area contributed by atoms with Gasteiger partial charge in [-0.15, -0.1) is 0 Å². The molecule has 0 bridgehead atoms. The fourth-order valence-electron chi connectivity index (χ4n) is 1.76. The summed E-state index contributed by atoms with van der Waals surface area (Å²) < 4.78 is 4.29. The maximum Gasteiger partial charge on any atom is 0.128 e. The highest BCUT2D eigenvalue weighted by molar-refractivity contribution is 9.11. The Labute approximate surface area is 124 Å². The molecule has 0 unspecified atom stereocenters. The van der Waals surface area contributed by atoms with Crippen molar-refractivity contribution in [3.8, 4) is 0 Å². The lowest BCUT2D eigenvalue weighted by molar-refractivity contribution is 0.644. The largest absolute Gasteiger partial charge is 0.377 e. The van der Waals surface area contributed by atoms with Gasteiger partial charge in [0.1, 0.15) is 5.82 Å². The molecule has 0 aliphatic rings. The minimum atomic E-state index is 0.724. The molecule has 0 atom stereocenters. The van der Waals surface area contributed by atoms with E-state index in [0.717, 1.165) is 40.0 Å². The Balaban J connectivity index is 2.06. The highest BCUT2D eigenvalue weighted by atomic mass is 79.9. The van der Waals surface area contributed by atoms with Crippen LogP contribution < -0.4 is 5.32 Å². The minimum Gasteiger partial charge on any atom is -0.377 e. The van der Waals surface area contributed by atoms with E-state index >= 15 is 0 Å². The van der Waals surface area contributed by atoms with Gasteiger partial charge in [0.2, 0.25) is 0 Å². The van der Waals surface area contributed by atoms with Crippen molar-refractivity contribution in [3.63, 3.8) is 0 Å². The van der Waals surface area contributed by atoms with E-state index in [-0.39, 0.29) is 0 Å². The summed E-state index contributed by atoms with van der Waals surface area (Å²) in [5.74, 6) is 1.06. The van der Waals surface area contributed by atoms with Gasteiger partial charge in [0.25, 0.3) is 0 Å². The van der Waals surface area contributed by atoms with Crippen molar-refractivity contribution in [3.05, 3.63) is 45.4 Å². The molecule has 0 saturated heterocycles. The van der Waals surface area contributed by atoms with Crippen LogP contribution in [0.25, 0.3) is 0 Å². The smallest absolute Gasteiger partial charge is 0.128 e. The van der Waals surface area contributed by atoms with Gasteiger partial charge in [-0.05, 0) is 40.5 Å². The number of benzene rings is 1. The molecule has 0 spiro atoms. The first-order valence-electron chi connectivity index (χ1n) is 5.89. The van der Waals surface area contributed by atoms with Crippen molar-refractivity contribution >= 4 is 37.5 Å². The average Bonchev–Trinajstić information content (AvgIpc) is 2.78. The molecule has 1 aromatic carbocycles. The zero-order chi connectivity index (χ0) is 13.0. The van der Waals surface area contributed by atoms with Gasteiger partial charge >= 0.3 is 0 Å². The monoisotopic (exact) mass is 371 g/mol. The molecule has 0 fully saturated rings. The molecule has 1 heterocycles. The van der Waals surface area contributed by atoms with Crippen LogP contribution in [-0.4, -0.2) is 9.55 Å². The lowest BCUT2D eigenvalue weighted by Crippen LogP contribution is -2.08. The first kappa shape index (κ1) is 13.6. The van der Waals surface area contributed by atoms with Crippen LogP contribution in [0, 0.1) is 0 Å². The number of imidazole rings is 1. The van der Waals surface area contributed by atoms with E-state index in [4.69, 9.17) is 0 Å². The van der Waals surface area contributed by atoms with Gasteiger partial charge in [0, 0.05) is 33.6 Å². The number of aryl methyl sites for hydroxylation is 1. The predicted molar refractivity (Wildman–Crippen MR) is 81.7 cm³/mol. The minimum absolute atomic E-state index is 0.724. The van der Waals surface area contributed by atoms with Gasteiger partial charge in [0.05, 0.1) is 6.54 Å². The van der Waals surface area contributed by atoms with Crippen LogP contribution in [0.5, 0.6) is 0 Å². The SMILES string of the molecule is CCCn1ccnc1CNc1cc(Br)ccc1Br. The summed E-state index contributed by atoms with van der Waals surface area (Å²) in [4.78, 5) is 4.38. The summed E-state index contributed by atoms with van der Waals surface area (Å²) in [6.07, 6.45) is 4.99. The summed E-state index contributed by atoms with van der Waals surface area (Å²) in [5, 5.41) is 3.39. The fourth-order valence-corrected chi connectivity index (χ4v) is 2.51. The quantitative estimate of drug-likeness (QED) is 0.841. The Hall–Kier alpha value is -0.810. The number of rotatable bonds is 5. The molecule has 2 aromatic rings. The van der Waals surface area contributed by atoms with Gasteiger partial charge in [-0.1, -0.05) is 22.9 Å². The molecular formula is C13H15Br2N3. The van der Waals surface area contributed by atoms with Gasteiger partial charge < -0.3 is 9.88 Å². The molecule has 0 aliphatic heterocycles. The zero-order valence-electron chi connectivity index (χ0n) is 10.2. The van der Waals surface area contributed by atoms with E-state index in [0.29, 0.717) is 0 Å². The molecule has 0 amide bonds. The van der Waals surface area contributed by atoms with Gasteiger partial charge in [-0.2, -0.15) is 0 Å². The van der Waals surface area contributed by atoms with Gasteiger partial charge in [0.15, 0.2) is 0 Å². The molecule has 3 nitrogen and oxygen atoms in total. The van der Waals surface area contributed by atoms with Crippen LogP contribution in [0.4, 0.5) is 5.69 Å². The molecule has 2 rings (SSSR count). The van der Waals surface area contributed by atoms with E-state index in [1.165, 1.54) is 0 Å². The van der Waals surface area contributed by atoms with Crippen molar-refractivity contribution in [1.29, 1.82) is 0 Å². The van der Waals surface area contributed by atoms with Crippen molar-refractivity contribution in [2.24, 2.45) is 0 Å². The van der Waals surface area contributed by atoms with E-state index in [1.54, 1.807) is 0 Å². The Morgan fingerprint density at radius 1 is 1.33 bits per heavy atom. The van der Waals surface area contributed by atoms with Crippen LogP contribution in [0.3, 0.4) is 0 Å². The molecule has 5 heteroatoms. The Kier molecular flexibility index (Phi) is 4.83. The van der Waals surface area contributed by atoms with Crippen molar-refractivity contribution in [1.82, 2.24) is 9.55 Å². The summed E-state index contributed by atoms with van der Waals surface area (Å²) in [6.45, 7) is 3.90. The number of nitrogens with one attached hydrogen (secondary N) is 1. The lowest BCUT2D eigenvalue weighted by atomic mass is 10.3. The van der Waals surface area contributed by atoms with E-state index in [1.807, 2.05) is 24.5 Å². The molecular weight excluding hydrogens is 358 g/mol. The van der Waals surface area contributed by atoms with E-state index < -0.39 is 0 Å². The number of hydrogen-bond acceptors (Lipinski definition) is 2. The first-order valence-corrected chi connectivity index (χ1v) is 7.48. The predicted octanol–water partition coefficient (Wildman–Crippen LogP) is 4.43. The van der Waals surface area contributed by atoms with Crippen LogP contribution in [0.15, 0.2) is 39.5 Å². The number of anilines is 1. The third-order valence-electron chi connectivity index (χ3n) is 2.63. The molecule has 0 aliphatic carbocycles. The van der Waals surface area contributed by atoms with Crippen LogP contribution in [0.2, 0.25) is 0 Å². The maximum absolute atomic E-state index is 4.38. The van der Waals surface area contributed by atoms with Crippen molar-refractivity contribution < 1.29 is 0 Å². The first-order chi connectivity index (χ1) is 8.70. The standard InChI is InChI=1S/C13H15Br2N3/c1-2-6-18-7-5-16-13(18)9-17-12-8-10(14)3-4-11(12)15/h3-5,7-8,17H,2,6,9H2,1H3. The Morgan fingerprint density at radius 3 is 2.94 bits per heavy atom. The fraction of sp³-hybridized carbons (Fsp3) is 0.308. The van der Waals surface area contributed by atoms with Crippen molar-refractivity contribution in [2.45, 2.75) is 26.4 Å². The second kappa shape index (κ2) is 6.38. The molecule has 1 N–H and O–H groups in total. The van der Waals surface area contributed by atoms with E-state index in [2.05, 4.69) is 59.7 Å². The maximum atomic E-state index is 4.38. The summed E-state index contributed by atoms with van der Waals surface area (Å²) in [7, 11) is 0. The van der Waals surface area contributed by atoms with Gasteiger partial charge in [-0.25, -0.2) is 4.98 Å². The summed E-state index contributed by atoms with van der Waals surface area (Å²) in [5.41, 5.74) is 1.07. The topological polar surface area (TPSA) is 29.9 Å². The lowest BCUT2D eigenvalue weighted by Gasteiger charge is -2.10. The second-order valence-corrected chi connectivity index (χ2v) is 5.78.